The largest absolute Gasteiger partial charge is 0.299 e. The van der Waals surface area contributed by atoms with Crippen molar-refractivity contribution in [2.45, 2.75) is 29.5 Å². The van der Waals surface area contributed by atoms with E-state index in [9.17, 15) is 17.6 Å². The fourth-order valence-corrected chi connectivity index (χ4v) is 5.80. The first kappa shape index (κ1) is 23.2. The summed E-state index contributed by atoms with van der Waals surface area (Å²) in [4.78, 5) is 12.9. The number of nitrogens with one attached hydrogen (secondary N) is 1. The summed E-state index contributed by atoms with van der Waals surface area (Å²) in [5, 5.41) is 11.0. The lowest BCUT2D eigenvalue weighted by molar-refractivity contribution is -0.117. The van der Waals surface area contributed by atoms with Crippen LogP contribution in [0.2, 0.25) is 0 Å². The molecule has 1 N–H and O–H groups in total. The minimum absolute atomic E-state index is 0.210. The predicted octanol–water partition coefficient (Wildman–Crippen LogP) is 4.15. The number of halogens is 1. The van der Waals surface area contributed by atoms with Crippen molar-refractivity contribution in [2.24, 2.45) is 0 Å². The fraction of sp³-hybridized carbons (Fsp3) is 0.250. The molecule has 0 fully saturated rings. The first-order valence-electron chi connectivity index (χ1n) is 9.34. The van der Waals surface area contributed by atoms with Gasteiger partial charge in [-0.3, -0.25) is 14.4 Å². The monoisotopic (exact) mass is 480 g/mol. The predicted molar refractivity (Wildman–Crippen MR) is 122 cm³/mol. The van der Waals surface area contributed by atoms with E-state index in [-0.39, 0.29) is 17.2 Å². The zero-order chi connectivity index (χ0) is 22.4. The molecule has 2 aromatic carbocycles. The first-order valence-corrected chi connectivity index (χ1v) is 13.0. The Bertz CT molecular complexity index is 1120. The fourth-order valence-electron chi connectivity index (χ4n) is 2.87. The van der Waals surface area contributed by atoms with E-state index in [4.69, 9.17) is 0 Å². The number of hydrogen-bond acceptors (Lipinski definition) is 7. The normalized spacial score (nSPS) is 12.4. The van der Waals surface area contributed by atoms with E-state index in [1.54, 1.807) is 6.92 Å². The molecule has 0 radical (unpaired) electrons. The Kier molecular flexibility index (Phi) is 7.63. The number of sulfonamides is 1. The zero-order valence-corrected chi connectivity index (χ0v) is 19.3. The standard InChI is InChI=1S/C20H21FN4O3S3/c1-3-17(25(31(2,27)28)16-11-9-15(21)10-12-16)18(26)22-19-23-24-20(30-19)29-13-14-7-5-4-6-8-14/h4-12,17H,3,13H2,1-2H3,(H,22,23,26)/t17-/m0/s1. The van der Waals surface area contributed by atoms with Gasteiger partial charge in [-0.15, -0.1) is 10.2 Å². The molecule has 0 saturated heterocycles. The highest BCUT2D eigenvalue weighted by molar-refractivity contribution is 8.00. The van der Waals surface area contributed by atoms with Gasteiger partial charge in [-0.2, -0.15) is 0 Å². The number of nitrogens with zero attached hydrogens (tertiary/aromatic N) is 3. The number of hydrogen-bond donors (Lipinski definition) is 1. The maximum atomic E-state index is 13.3. The number of benzene rings is 2. The summed E-state index contributed by atoms with van der Waals surface area (Å²) in [6, 6.07) is 13.8. The van der Waals surface area contributed by atoms with Crippen molar-refractivity contribution in [3.8, 4) is 0 Å². The lowest BCUT2D eigenvalue weighted by Crippen LogP contribution is -2.47. The lowest BCUT2D eigenvalue weighted by Gasteiger charge is -2.29. The minimum atomic E-state index is -3.80. The summed E-state index contributed by atoms with van der Waals surface area (Å²) in [5.41, 5.74) is 1.35. The van der Waals surface area contributed by atoms with Crippen LogP contribution in [0.4, 0.5) is 15.2 Å². The smallest absolute Gasteiger partial charge is 0.250 e. The molecule has 0 saturated carbocycles. The molecule has 0 aliphatic carbocycles. The van der Waals surface area contributed by atoms with Crippen LogP contribution in [0, 0.1) is 5.82 Å². The Labute approximate surface area is 188 Å². The van der Waals surface area contributed by atoms with Crippen molar-refractivity contribution in [1.82, 2.24) is 10.2 Å². The molecule has 0 spiro atoms. The number of amides is 1. The van der Waals surface area contributed by atoms with Gasteiger partial charge in [0.05, 0.1) is 11.9 Å². The van der Waals surface area contributed by atoms with E-state index < -0.39 is 27.8 Å². The Balaban J connectivity index is 1.72. The number of thioether (sulfide) groups is 1. The van der Waals surface area contributed by atoms with Crippen LogP contribution in [-0.2, 0) is 20.6 Å². The molecular weight excluding hydrogens is 459 g/mol. The van der Waals surface area contributed by atoms with Crippen LogP contribution in [0.25, 0.3) is 0 Å². The van der Waals surface area contributed by atoms with Crippen molar-refractivity contribution in [1.29, 1.82) is 0 Å². The van der Waals surface area contributed by atoms with E-state index in [2.05, 4.69) is 15.5 Å². The SMILES string of the molecule is CC[C@@H](C(=O)Nc1nnc(SCc2ccccc2)s1)N(c1ccc(F)cc1)S(C)(=O)=O. The Morgan fingerprint density at radius 1 is 1.16 bits per heavy atom. The van der Waals surface area contributed by atoms with E-state index in [1.165, 1.54) is 35.2 Å². The second-order valence-corrected chi connectivity index (χ2v) is 10.7. The van der Waals surface area contributed by atoms with Gasteiger partial charge >= 0.3 is 0 Å². The average molecular weight is 481 g/mol. The topological polar surface area (TPSA) is 92.3 Å². The van der Waals surface area contributed by atoms with Gasteiger partial charge in [0.15, 0.2) is 4.34 Å². The minimum Gasteiger partial charge on any atom is -0.299 e. The quantitative estimate of drug-likeness (QED) is 0.365. The second-order valence-electron chi connectivity index (χ2n) is 6.60. The van der Waals surface area contributed by atoms with Crippen LogP contribution < -0.4 is 9.62 Å². The lowest BCUT2D eigenvalue weighted by atomic mass is 10.2. The molecule has 31 heavy (non-hydrogen) atoms. The molecule has 0 aliphatic heterocycles. The third kappa shape index (κ3) is 6.25. The zero-order valence-electron chi connectivity index (χ0n) is 16.9. The molecule has 164 valence electrons. The molecule has 11 heteroatoms. The van der Waals surface area contributed by atoms with Crippen LogP contribution in [0.1, 0.15) is 18.9 Å². The van der Waals surface area contributed by atoms with Crippen LogP contribution in [0.5, 0.6) is 0 Å². The van der Waals surface area contributed by atoms with Gasteiger partial charge in [-0.25, -0.2) is 12.8 Å². The Hall–Kier alpha value is -2.50. The number of anilines is 2. The van der Waals surface area contributed by atoms with E-state index in [0.29, 0.717) is 10.1 Å². The van der Waals surface area contributed by atoms with Gasteiger partial charge in [0.1, 0.15) is 11.9 Å². The van der Waals surface area contributed by atoms with Gasteiger partial charge in [-0.1, -0.05) is 60.4 Å². The number of aromatic nitrogens is 2. The number of carbonyl (C=O) groups is 1. The van der Waals surface area contributed by atoms with Crippen molar-refractivity contribution < 1.29 is 17.6 Å². The molecule has 1 heterocycles. The molecule has 1 atom stereocenters. The van der Waals surface area contributed by atoms with Crippen LogP contribution >= 0.6 is 23.1 Å². The highest BCUT2D eigenvalue weighted by Crippen LogP contribution is 2.29. The van der Waals surface area contributed by atoms with E-state index >= 15 is 0 Å². The highest BCUT2D eigenvalue weighted by atomic mass is 32.2. The third-order valence-corrected chi connectivity index (χ3v) is 7.48. The van der Waals surface area contributed by atoms with Gasteiger partial charge in [0.2, 0.25) is 21.1 Å². The third-order valence-electron chi connectivity index (χ3n) is 4.25. The summed E-state index contributed by atoms with van der Waals surface area (Å²) < 4.78 is 39.8. The summed E-state index contributed by atoms with van der Waals surface area (Å²) in [6.45, 7) is 1.70. The Morgan fingerprint density at radius 3 is 2.45 bits per heavy atom. The molecule has 0 aliphatic rings. The maximum absolute atomic E-state index is 13.3. The van der Waals surface area contributed by atoms with Gasteiger partial charge in [-0.05, 0) is 36.2 Å². The number of carbonyl (C=O) groups excluding carboxylic acids is 1. The van der Waals surface area contributed by atoms with Crippen LogP contribution in [-0.4, -0.2) is 36.8 Å². The summed E-state index contributed by atoms with van der Waals surface area (Å²) >= 11 is 2.71. The Morgan fingerprint density at radius 2 is 1.84 bits per heavy atom. The molecule has 1 aromatic heterocycles. The van der Waals surface area contributed by atoms with Crippen molar-refractivity contribution in [3.05, 3.63) is 66.0 Å². The molecule has 0 unspecified atom stereocenters. The average Bonchev–Trinajstić information content (AvgIpc) is 3.18. The van der Waals surface area contributed by atoms with Crippen LogP contribution in [0.3, 0.4) is 0 Å². The molecule has 3 rings (SSSR count). The van der Waals surface area contributed by atoms with Crippen LogP contribution in [0.15, 0.2) is 58.9 Å². The summed E-state index contributed by atoms with van der Waals surface area (Å²) in [6.07, 6.45) is 1.22. The summed E-state index contributed by atoms with van der Waals surface area (Å²) in [7, 11) is -3.80. The van der Waals surface area contributed by atoms with Gasteiger partial charge in [0.25, 0.3) is 0 Å². The molecular formula is C20H21FN4O3S3. The van der Waals surface area contributed by atoms with Gasteiger partial charge < -0.3 is 0 Å². The van der Waals surface area contributed by atoms with Crippen molar-refractivity contribution >= 4 is 49.8 Å². The van der Waals surface area contributed by atoms with Crippen molar-refractivity contribution in [2.75, 3.05) is 15.9 Å². The highest BCUT2D eigenvalue weighted by Gasteiger charge is 2.32. The molecule has 7 nitrogen and oxygen atoms in total. The second kappa shape index (κ2) is 10.2. The first-order chi connectivity index (χ1) is 14.8. The van der Waals surface area contributed by atoms with Gasteiger partial charge in [0, 0.05) is 5.75 Å². The molecule has 3 aromatic rings. The summed E-state index contributed by atoms with van der Waals surface area (Å²) in [5.74, 6) is -0.315. The number of rotatable bonds is 9. The van der Waals surface area contributed by atoms with Crippen molar-refractivity contribution in [3.63, 3.8) is 0 Å². The maximum Gasteiger partial charge on any atom is 0.250 e. The molecule has 1 amide bonds. The van der Waals surface area contributed by atoms with E-state index in [0.717, 1.165) is 28.3 Å². The molecule has 0 bridgehead atoms. The van der Waals surface area contributed by atoms with E-state index in [1.807, 2.05) is 30.3 Å².